The van der Waals surface area contributed by atoms with Crippen molar-refractivity contribution in [2.45, 2.75) is 12.8 Å². The van der Waals surface area contributed by atoms with Crippen LogP contribution in [0.15, 0.2) is 36.9 Å². The molecule has 0 amide bonds. The number of nitrogens with zero attached hydrogens (tertiary/aromatic N) is 4. The highest BCUT2D eigenvalue weighted by Crippen LogP contribution is 2.10. The lowest BCUT2D eigenvalue weighted by atomic mass is 10.0. The van der Waals surface area contributed by atoms with Gasteiger partial charge in [0.15, 0.2) is 0 Å². The molecule has 0 aliphatic carbocycles. The van der Waals surface area contributed by atoms with Gasteiger partial charge in [-0.25, -0.2) is 19.9 Å². The molecule has 2 heterocycles. The van der Waals surface area contributed by atoms with Crippen molar-refractivity contribution in [3.05, 3.63) is 48.6 Å². The molecular weight excluding hydrogens is 232 g/mol. The first-order valence-corrected chi connectivity index (χ1v) is 5.50. The third kappa shape index (κ3) is 3.31. The minimum atomic E-state index is -0.894. The van der Waals surface area contributed by atoms with Crippen molar-refractivity contribution in [1.29, 1.82) is 0 Å². The van der Waals surface area contributed by atoms with E-state index in [-0.39, 0.29) is 12.8 Å². The minimum absolute atomic E-state index is 0.272. The lowest BCUT2D eigenvalue weighted by molar-refractivity contribution is -0.141. The average molecular weight is 244 g/mol. The maximum atomic E-state index is 11.2. The summed E-state index contributed by atoms with van der Waals surface area (Å²) >= 11 is 0. The van der Waals surface area contributed by atoms with Gasteiger partial charge >= 0.3 is 5.97 Å². The van der Waals surface area contributed by atoms with Crippen LogP contribution in [0.5, 0.6) is 0 Å². The smallest absolute Gasteiger partial charge is 0.307 e. The Morgan fingerprint density at radius 3 is 1.67 bits per heavy atom. The van der Waals surface area contributed by atoms with Gasteiger partial charge in [0.05, 0.1) is 5.92 Å². The van der Waals surface area contributed by atoms with E-state index in [9.17, 15) is 9.90 Å². The van der Waals surface area contributed by atoms with Crippen molar-refractivity contribution in [2.75, 3.05) is 0 Å². The summed E-state index contributed by atoms with van der Waals surface area (Å²) in [7, 11) is 0. The Morgan fingerprint density at radius 1 is 0.944 bits per heavy atom. The SMILES string of the molecule is O=C(O)C(Cc1ncccn1)Cc1ncccn1. The van der Waals surface area contributed by atoms with Crippen molar-refractivity contribution < 1.29 is 9.90 Å². The fourth-order valence-electron chi connectivity index (χ4n) is 1.56. The molecular formula is C12H12N4O2. The summed E-state index contributed by atoms with van der Waals surface area (Å²) in [6.45, 7) is 0. The molecule has 1 N–H and O–H groups in total. The van der Waals surface area contributed by atoms with Crippen LogP contribution in [-0.4, -0.2) is 31.0 Å². The number of carboxylic acid groups (broad SMARTS) is 1. The van der Waals surface area contributed by atoms with Crippen LogP contribution in [0.4, 0.5) is 0 Å². The molecule has 2 aromatic rings. The highest BCUT2D eigenvalue weighted by atomic mass is 16.4. The van der Waals surface area contributed by atoms with E-state index in [1.165, 1.54) is 0 Å². The standard InChI is InChI=1S/C12H12N4O2/c17-12(18)9(7-10-13-3-1-4-14-10)8-11-15-5-2-6-16-11/h1-6,9H,7-8H2,(H,17,18). The second-order valence-corrected chi connectivity index (χ2v) is 3.77. The number of rotatable bonds is 5. The van der Waals surface area contributed by atoms with E-state index in [2.05, 4.69) is 19.9 Å². The van der Waals surface area contributed by atoms with Crippen molar-refractivity contribution in [3.63, 3.8) is 0 Å². The van der Waals surface area contributed by atoms with Crippen molar-refractivity contribution >= 4 is 5.97 Å². The number of hydrogen-bond acceptors (Lipinski definition) is 5. The minimum Gasteiger partial charge on any atom is -0.481 e. The maximum absolute atomic E-state index is 11.2. The van der Waals surface area contributed by atoms with Gasteiger partial charge in [0.25, 0.3) is 0 Å². The van der Waals surface area contributed by atoms with Crippen LogP contribution < -0.4 is 0 Å². The van der Waals surface area contributed by atoms with E-state index in [4.69, 9.17) is 0 Å². The zero-order valence-corrected chi connectivity index (χ0v) is 9.60. The van der Waals surface area contributed by atoms with Gasteiger partial charge in [-0.3, -0.25) is 4.79 Å². The van der Waals surface area contributed by atoms with Crippen LogP contribution >= 0.6 is 0 Å². The van der Waals surface area contributed by atoms with Crippen LogP contribution in [0.2, 0.25) is 0 Å². The van der Waals surface area contributed by atoms with Crippen LogP contribution in [-0.2, 0) is 17.6 Å². The molecule has 2 aromatic heterocycles. The van der Waals surface area contributed by atoms with Crippen LogP contribution in [0, 0.1) is 5.92 Å². The predicted molar refractivity (Wildman–Crippen MR) is 62.6 cm³/mol. The predicted octanol–water partition coefficient (Wildman–Crippen LogP) is 0.753. The summed E-state index contributed by atoms with van der Waals surface area (Å²) in [5, 5.41) is 9.18. The van der Waals surface area contributed by atoms with Gasteiger partial charge in [-0.05, 0) is 12.1 Å². The summed E-state index contributed by atoms with van der Waals surface area (Å²) in [6, 6.07) is 3.39. The third-order valence-electron chi connectivity index (χ3n) is 2.45. The molecule has 18 heavy (non-hydrogen) atoms. The zero-order chi connectivity index (χ0) is 12.8. The highest BCUT2D eigenvalue weighted by Gasteiger charge is 2.20. The van der Waals surface area contributed by atoms with Gasteiger partial charge in [0.2, 0.25) is 0 Å². The maximum Gasteiger partial charge on any atom is 0.307 e. The lowest BCUT2D eigenvalue weighted by Crippen LogP contribution is -2.21. The number of aliphatic carboxylic acids is 1. The Balaban J connectivity index is 2.08. The third-order valence-corrected chi connectivity index (χ3v) is 2.45. The molecule has 0 aliphatic rings. The van der Waals surface area contributed by atoms with E-state index in [0.29, 0.717) is 11.6 Å². The van der Waals surface area contributed by atoms with Gasteiger partial charge in [-0.15, -0.1) is 0 Å². The van der Waals surface area contributed by atoms with Crippen molar-refractivity contribution in [2.24, 2.45) is 5.92 Å². The first-order valence-electron chi connectivity index (χ1n) is 5.50. The molecule has 0 aromatic carbocycles. The van der Waals surface area contributed by atoms with Crippen LogP contribution in [0.25, 0.3) is 0 Å². The normalized spacial score (nSPS) is 10.5. The largest absolute Gasteiger partial charge is 0.481 e. The second kappa shape index (κ2) is 5.81. The highest BCUT2D eigenvalue weighted by molar-refractivity contribution is 5.70. The average Bonchev–Trinajstić information content (AvgIpc) is 2.40. The molecule has 6 heteroatoms. The topological polar surface area (TPSA) is 88.9 Å². The summed E-state index contributed by atoms with van der Waals surface area (Å²) in [4.78, 5) is 27.3. The number of carbonyl (C=O) groups is 1. The fourth-order valence-corrected chi connectivity index (χ4v) is 1.56. The van der Waals surface area contributed by atoms with Gasteiger partial charge in [-0.2, -0.15) is 0 Å². The van der Waals surface area contributed by atoms with E-state index in [1.54, 1.807) is 36.9 Å². The van der Waals surface area contributed by atoms with Crippen LogP contribution in [0.1, 0.15) is 11.6 Å². The van der Waals surface area contributed by atoms with E-state index >= 15 is 0 Å². The van der Waals surface area contributed by atoms with Crippen molar-refractivity contribution in [3.8, 4) is 0 Å². The Bertz CT molecular complexity index is 463. The number of aromatic nitrogens is 4. The second-order valence-electron chi connectivity index (χ2n) is 3.77. The molecule has 0 unspecified atom stereocenters. The van der Waals surface area contributed by atoms with Crippen LogP contribution in [0.3, 0.4) is 0 Å². The Hall–Kier alpha value is -2.37. The summed E-state index contributed by atoms with van der Waals surface area (Å²) in [5.74, 6) is -0.480. The molecule has 0 bridgehead atoms. The van der Waals surface area contributed by atoms with E-state index < -0.39 is 11.9 Å². The zero-order valence-electron chi connectivity index (χ0n) is 9.60. The first-order chi connectivity index (χ1) is 8.75. The van der Waals surface area contributed by atoms with E-state index in [1.807, 2.05) is 0 Å². The monoisotopic (exact) mass is 244 g/mol. The van der Waals surface area contributed by atoms with E-state index in [0.717, 1.165) is 0 Å². The molecule has 0 aliphatic heterocycles. The molecule has 2 rings (SSSR count). The quantitative estimate of drug-likeness (QED) is 0.835. The molecule has 6 nitrogen and oxygen atoms in total. The summed E-state index contributed by atoms with van der Waals surface area (Å²) < 4.78 is 0. The van der Waals surface area contributed by atoms with Gasteiger partial charge in [-0.1, -0.05) is 0 Å². The summed E-state index contributed by atoms with van der Waals surface area (Å²) in [5.41, 5.74) is 0. The fraction of sp³-hybridized carbons (Fsp3) is 0.250. The molecule has 0 saturated heterocycles. The summed E-state index contributed by atoms with van der Waals surface area (Å²) in [6.07, 6.45) is 6.93. The molecule has 0 fully saturated rings. The molecule has 0 spiro atoms. The molecule has 0 atom stereocenters. The van der Waals surface area contributed by atoms with Crippen molar-refractivity contribution in [1.82, 2.24) is 19.9 Å². The Labute approximate surface area is 104 Å². The molecule has 92 valence electrons. The Morgan fingerprint density at radius 2 is 1.33 bits per heavy atom. The lowest BCUT2D eigenvalue weighted by Gasteiger charge is -2.09. The van der Waals surface area contributed by atoms with Gasteiger partial charge in [0.1, 0.15) is 11.6 Å². The van der Waals surface area contributed by atoms with Gasteiger partial charge < -0.3 is 5.11 Å². The molecule has 0 saturated carbocycles. The number of hydrogen-bond donors (Lipinski definition) is 1. The number of carboxylic acids is 1. The molecule has 0 radical (unpaired) electrons. The Kier molecular flexibility index (Phi) is 3.90. The van der Waals surface area contributed by atoms with Gasteiger partial charge in [0, 0.05) is 37.6 Å². The first kappa shape index (κ1) is 12.1.